The highest BCUT2D eigenvalue weighted by molar-refractivity contribution is 6.02. The van der Waals surface area contributed by atoms with Crippen molar-refractivity contribution in [2.24, 2.45) is 0 Å². The molecule has 2 aliphatic heterocycles. The van der Waals surface area contributed by atoms with Crippen LogP contribution in [0.1, 0.15) is 10.4 Å². The van der Waals surface area contributed by atoms with Gasteiger partial charge in [0.2, 0.25) is 0 Å². The van der Waals surface area contributed by atoms with Gasteiger partial charge in [0.15, 0.2) is 0 Å². The predicted octanol–water partition coefficient (Wildman–Crippen LogP) is 1.45. The molecular formula is C11H10N2O. The SMILES string of the molecule is O=C1c2ccccc2NC2C=CCN12. The molecule has 70 valence electrons. The Kier molecular flexibility index (Phi) is 1.42. The number of hydrogen-bond acceptors (Lipinski definition) is 2. The maximum absolute atomic E-state index is 11.9. The molecule has 1 atom stereocenters. The fourth-order valence-corrected chi connectivity index (χ4v) is 1.97. The summed E-state index contributed by atoms with van der Waals surface area (Å²) >= 11 is 0. The first-order valence-electron chi connectivity index (χ1n) is 4.69. The van der Waals surface area contributed by atoms with Crippen molar-refractivity contribution in [1.29, 1.82) is 0 Å². The van der Waals surface area contributed by atoms with Gasteiger partial charge in [-0.05, 0) is 18.2 Å². The summed E-state index contributed by atoms with van der Waals surface area (Å²) in [5, 5.41) is 3.31. The Balaban J connectivity index is 2.11. The number of anilines is 1. The van der Waals surface area contributed by atoms with Crippen molar-refractivity contribution in [2.45, 2.75) is 6.17 Å². The summed E-state index contributed by atoms with van der Waals surface area (Å²) < 4.78 is 0. The van der Waals surface area contributed by atoms with E-state index in [4.69, 9.17) is 0 Å². The quantitative estimate of drug-likeness (QED) is 0.622. The second-order valence-corrected chi connectivity index (χ2v) is 3.52. The van der Waals surface area contributed by atoms with Gasteiger partial charge in [-0.2, -0.15) is 0 Å². The van der Waals surface area contributed by atoms with Crippen molar-refractivity contribution in [3.05, 3.63) is 42.0 Å². The second-order valence-electron chi connectivity index (χ2n) is 3.52. The fraction of sp³-hybridized carbons (Fsp3) is 0.182. The molecule has 0 radical (unpaired) electrons. The first kappa shape index (κ1) is 7.62. The smallest absolute Gasteiger partial charge is 0.258 e. The number of benzene rings is 1. The Hall–Kier alpha value is -1.77. The van der Waals surface area contributed by atoms with Crippen LogP contribution in [0.4, 0.5) is 5.69 Å². The summed E-state index contributed by atoms with van der Waals surface area (Å²) in [4.78, 5) is 13.8. The molecular weight excluding hydrogens is 176 g/mol. The molecule has 0 fully saturated rings. The number of hydrogen-bond donors (Lipinski definition) is 1. The molecule has 1 N–H and O–H groups in total. The van der Waals surface area contributed by atoms with E-state index < -0.39 is 0 Å². The molecule has 1 aromatic carbocycles. The summed E-state index contributed by atoms with van der Waals surface area (Å²) in [6, 6.07) is 7.63. The van der Waals surface area contributed by atoms with Gasteiger partial charge in [0.1, 0.15) is 6.17 Å². The normalized spacial score (nSPS) is 23.0. The molecule has 0 saturated carbocycles. The Morgan fingerprint density at radius 1 is 1.36 bits per heavy atom. The lowest BCUT2D eigenvalue weighted by Crippen LogP contribution is -2.44. The van der Waals surface area contributed by atoms with E-state index in [0.717, 1.165) is 11.3 Å². The summed E-state index contributed by atoms with van der Waals surface area (Å²) in [5.74, 6) is 0.120. The first-order valence-corrected chi connectivity index (χ1v) is 4.69. The Morgan fingerprint density at radius 2 is 2.21 bits per heavy atom. The Labute approximate surface area is 82.0 Å². The largest absolute Gasteiger partial charge is 0.361 e. The van der Waals surface area contributed by atoms with Crippen molar-refractivity contribution >= 4 is 11.6 Å². The third-order valence-corrected chi connectivity index (χ3v) is 2.68. The van der Waals surface area contributed by atoms with Crippen molar-refractivity contribution in [1.82, 2.24) is 4.90 Å². The molecule has 0 saturated heterocycles. The molecule has 2 heterocycles. The van der Waals surface area contributed by atoms with Crippen LogP contribution in [0.15, 0.2) is 36.4 Å². The van der Waals surface area contributed by atoms with Crippen LogP contribution in [0.25, 0.3) is 0 Å². The van der Waals surface area contributed by atoms with Crippen molar-refractivity contribution in [3.8, 4) is 0 Å². The van der Waals surface area contributed by atoms with E-state index in [1.54, 1.807) is 0 Å². The highest BCUT2D eigenvalue weighted by atomic mass is 16.2. The standard InChI is InChI=1S/C11H10N2O/c14-11-8-4-1-2-5-9(8)12-10-6-3-7-13(10)11/h1-6,10,12H,7H2. The lowest BCUT2D eigenvalue weighted by Gasteiger charge is -2.32. The number of fused-ring (bicyclic) bond motifs is 2. The molecule has 3 rings (SSSR count). The molecule has 1 amide bonds. The van der Waals surface area contributed by atoms with Gasteiger partial charge in [0, 0.05) is 12.2 Å². The van der Waals surface area contributed by atoms with E-state index >= 15 is 0 Å². The summed E-state index contributed by atoms with van der Waals surface area (Å²) in [7, 11) is 0. The molecule has 0 bridgehead atoms. The van der Waals surface area contributed by atoms with Crippen LogP contribution < -0.4 is 5.32 Å². The van der Waals surface area contributed by atoms with Crippen LogP contribution in [0.2, 0.25) is 0 Å². The minimum absolute atomic E-state index is 0.0531. The van der Waals surface area contributed by atoms with Crippen molar-refractivity contribution in [3.63, 3.8) is 0 Å². The maximum atomic E-state index is 11.9. The lowest BCUT2D eigenvalue weighted by atomic mass is 10.1. The van der Waals surface area contributed by atoms with Crippen LogP contribution in [0.5, 0.6) is 0 Å². The van der Waals surface area contributed by atoms with Gasteiger partial charge >= 0.3 is 0 Å². The van der Waals surface area contributed by atoms with Crippen molar-refractivity contribution < 1.29 is 4.79 Å². The molecule has 0 aliphatic carbocycles. The van der Waals surface area contributed by atoms with Crippen molar-refractivity contribution in [2.75, 3.05) is 11.9 Å². The maximum Gasteiger partial charge on any atom is 0.258 e. The monoisotopic (exact) mass is 186 g/mol. The molecule has 1 unspecified atom stereocenters. The highest BCUT2D eigenvalue weighted by Crippen LogP contribution is 2.27. The summed E-state index contributed by atoms with van der Waals surface area (Å²) in [6.45, 7) is 0.713. The summed E-state index contributed by atoms with van der Waals surface area (Å²) in [5.41, 5.74) is 1.71. The van der Waals surface area contributed by atoms with Gasteiger partial charge < -0.3 is 10.2 Å². The molecule has 0 spiro atoms. The van der Waals surface area contributed by atoms with Gasteiger partial charge in [-0.25, -0.2) is 0 Å². The molecule has 0 aromatic heterocycles. The molecule has 3 nitrogen and oxygen atoms in total. The van der Waals surface area contributed by atoms with E-state index in [-0.39, 0.29) is 12.1 Å². The van der Waals surface area contributed by atoms with Crippen LogP contribution in [-0.2, 0) is 0 Å². The van der Waals surface area contributed by atoms with Gasteiger partial charge in [0.05, 0.1) is 5.56 Å². The van der Waals surface area contributed by atoms with E-state index in [1.807, 2.05) is 41.3 Å². The number of carbonyl (C=O) groups excluding carboxylic acids is 1. The fourth-order valence-electron chi connectivity index (χ4n) is 1.97. The van der Waals surface area contributed by atoms with Gasteiger partial charge in [0.25, 0.3) is 5.91 Å². The number of rotatable bonds is 0. The average molecular weight is 186 g/mol. The number of para-hydroxylation sites is 1. The van der Waals surface area contributed by atoms with Crippen LogP contribution in [-0.4, -0.2) is 23.5 Å². The topological polar surface area (TPSA) is 32.3 Å². The zero-order valence-corrected chi connectivity index (χ0v) is 7.60. The minimum atomic E-state index is 0.0531. The zero-order chi connectivity index (χ0) is 9.54. The van der Waals surface area contributed by atoms with E-state index in [2.05, 4.69) is 5.32 Å². The van der Waals surface area contributed by atoms with E-state index in [9.17, 15) is 4.79 Å². The Bertz CT molecular complexity index is 425. The zero-order valence-electron chi connectivity index (χ0n) is 7.60. The third kappa shape index (κ3) is 0.894. The molecule has 14 heavy (non-hydrogen) atoms. The van der Waals surface area contributed by atoms with Crippen LogP contribution in [0.3, 0.4) is 0 Å². The minimum Gasteiger partial charge on any atom is -0.361 e. The second kappa shape index (κ2) is 2.61. The van der Waals surface area contributed by atoms with E-state index in [0.29, 0.717) is 6.54 Å². The summed E-state index contributed by atoms with van der Waals surface area (Å²) in [6.07, 6.45) is 4.09. The van der Waals surface area contributed by atoms with Gasteiger partial charge in [-0.3, -0.25) is 4.79 Å². The first-order chi connectivity index (χ1) is 6.86. The Morgan fingerprint density at radius 3 is 3.14 bits per heavy atom. The number of carbonyl (C=O) groups is 1. The third-order valence-electron chi connectivity index (χ3n) is 2.68. The molecule has 2 aliphatic rings. The van der Waals surface area contributed by atoms with E-state index in [1.165, 1.54) is 0 Å². The number of nitrogens with one attached hydrogen (secondary N) is 1. The number of amides is 1. The van der Waals surface area contributed by atoms with Gasteiger partial charge in [-0.1, -0.05) is 18.2 Å². The predicted molar refractivity (Wildman–Crippen MR) is 54.0 cm³/mol. The number of nitrogens with zero attached hydrogens (tertiary/aromatic N) is 1. The molecule has 3 heteroatoms. The lowest BCUT2D eigenvalue weighted by molar-refractivity contribution is 0.0753. The highest BCUT2D eigenvalue weighted by Gasteiger charge is 2.31. The van der Waals surface area contributed by atoms with Crippen LogP contribution >= 0.6 is 0 Å². The molecule has 1 aromatic rings. The van der Waals surface area contributed by atoms with Crippen LogP contribution in [0, 0.1) is 0 Å². The van der Waals surface area contributed by atoms with Gasteiger partial charge in [-0.15, -0.1) is 0 Å². The average Bonchev–Trinajstić information content (AvgIpc) is 2.66.